The number of nitrogens with one attached hydrogen (secondary N) is 2. The van der Waals surface area contributed by atoms with Crippen molar-refractivity contribution in [1.82, 2.24) is 10.6 Å². The molecule has 19 heavy (non-hydrogen) atoms. The molecule has 0 unspecified atom stereocenters. The van der Waals surface area contributed by atoms with E-state index in [1.807, 2.05) is 6.07 Å². The summed E-state index contributed by atoms with van der Waals surface area (Å²) in [6.45, 7) is 2.14. The second kappa shape index (κ2) is 4.81. The number of hydrogen-bond acceptors (Lipinski definition) is 3. The molecule has 2 N–H and O–H groups in total. The molecular formula is C14H17FN2O2. The van der Waals surface area contributed by atoms with Crippen LogP contribution in [0.5, 0.6) is 0 Å². The zero-order valence-corrected chi connectivity index (χ0v) is 10.6. The van der Waals surface area contributed by atoms with Gasteiger partial charge in [-0.05, 0) is 30.8 Å². The predicted octanol–water partition coefficient (Wildman–Crippen LogP) is 1.77. The zero-order valence-electron chi connectivity index (χ0n) is 10.6. The molecule has 0 radical (unpaired) electrons. The van der Waals surface area contributed by atoms with Gasteiger partial charge < -0.3 is 15.4 Å². The normalized spacial score (nSPS) is 25.7. The molecule has 1 atom stereocenters. The summed E-state index contributed by atoms with van der Waals surface area (Å²) in [4.78, 5) is 11.6. The molecule has 2 saturated heterocycles. The molecule has 1 aromatic rings. The van der Waals surface area contributed by atoms with Crippen LogP contribution in [0.25, 0.3) is 0 Å². The van der Waals surface area contributed by atoms with E-state index < -0.39 is 5.60 Å². The lowest BCUT2D eigenvalue weighted by Crippen LogP contribution is -2.57. The molecule has 2 aliphatic heterocycles. The van der Waals surface area contributed by atoms with E-state index in [2.05, 4.69) is 10.6 Å². The average molecular weight is 264 g/mol. The summed E-state index contributed by atoms with van der Waals surface area (Å²) in [6.07, 6.45) is 1.16. The van der Waals surface area contributed by atoms with Crippen LogP contribution in [0.4, 0.5) is 9.18 Å². The summed E-state index contributed by atoms with van der Waals surface area (Å²) in [7, 11) is 0. The van der Waals surface area contributed by atoms with Gasteiger partial charge in [0.25, 0.3) is 0 Å². The second-order valence-electron chi connectivity index (χ2n) is 5.19. The molecule has 5 heteroatoms. The van der Waals surface area contributed by atoms with E-state index in [9.17, 15) is 9.18 Å². The highest BCUT2D eigenvalue weighted by Gasteiger charge is 2.47. The van der Waals surface area contributed by atoms with Crippen molar-refractivity contribution in [2.75, 3.05) is 19.6 Å². The number of carbonyl (C=O) groups excluding carboxylic acids is 1. The number of ether oxygens (including phenoxy) is 1. The molecule has 0 saturated carbocycles. The molecule has 4 nitrogen and oxygen atoms in total. The van der Waals surface area contributed by atoms with Crippen molar-refractivity contribution in [3.63, 3.8) is 0 Å². The Balaban J connectivity index is 1.95. The highest BCUT2D eigenvalue weighted by molar-refractivity contribution is 5.69. The van der Waals surface area contributed by atoms with Gasteiger partial charge in [0.05, 0.1) is 0 Å². The smallest absolute Gasteiger partial charge is 0.407 e. The molecule has 0 bridgehead atoms. The van der Waals surface area contributed by atoms with Gasteiger partial charge in [-0.1, -0.05) is 12.1 Å². The van der Waals surface area contributed by atoms with Crippen molar-refractivity contribution < 1.29 is 13.9 Å². The van der Waals surface area contributed by atoms with Gasteiger partial charge in [0.15, 0.2) is 0 Å². The minimum absolute atomic E-state index is 0.00278. The van der Waals surface area contributed by atoms with Gasteiger partial charge in [0, 0.05) is 25.3 Å². The second-order valence-corrected chi connectivity index (χ2v) is 5.19. The van der Waals surface area contributed by atoms with Gasteiger partial charge in [0.2, 0.25) is 0 Å². The molecule has 0 aromatic heterocycles. The zero-order chi connectivity index (χ0) is 13.3. The summed E-state index contributed by atoms with van der Waals surface area (Å²) in [6, 6.07) is 6.57. The number of rotatable bonds is 1. The lowest BCUT2D eigenvalue weighted by Gasteiger charge is -2.46. The van der Waals surface area contributed by atoms with Gasteiger partial charge in [0.1, 0.15) is 11.4 Å². The molecule has 1 aromatic carbocycles. The first-order valence-corrected chi connectivity index (χ1v) is 6.63. The summed E-state index contributed by atoms with van der Waals surface area (Å²) >= 11 is 0. The highest BCUT2D eigenvalue weighted by Crippen LogP contribution is 2.40. The maximum absolute atomic E-state index is 13.4. The minimum atomic E-state index is -0.499. The molecule has 102 valence electrons. The van der Waals surface area contributed by atoms with Crippen molar-refractivity contribution in [2.45, 2.75) is 24.4 Å². The topological polar surface area (TPSA) is 50.4 Å². The van der Waals surface area contributed by atoms with Crippen molar-refractivity contribution >= 4 is 6.09 Å². The Morgan fingerprint density at radius 1 is 1.32 bits per heavy atom. The van der Waals surface area contributed by atoms with Crippen LogP contribution in [0, 0.1) is 5.82 Å². The largest absolute Gasteiger partial charge is 0.442 e. The Hall–Kier alpha value is -1.62. The van der Waals surface area contributed by atoms with Crippen molar-refractivity contribution in [2.24, 2.45) is 0 Å². The summed E-state index contributed by atoms with van der Waals surface area (Å²) < 4.78 is 19.0. The maximum atomic E-state index is 13.4. The summed E-state index contributed by atoms with van der Waals surface area (Å²) in [5.74, 6) is -0.249. The Kier molecular flexibility index (Phi) is 3.14. The van der Waals surface area contributed by atoms with Crippen LogP contribution in [0.15, 0.2) is 24.3 Å². The van der Waals surface area contributed by atoms with E-state index in [1.165, 1.54) is 12.1 Å². The lowest BCUT2D eigenvalue weighted by atomic mass is 9.75. The SMILES string of the molecule is O=C1NC[C@@H](c2cccc(F)c2)C2(CCNCC2)O1. The molecule has 2 fully saturated rings. The molecule has 2 heterocycles. The van der Waals surface area contributed by atoms with Gasteiger partial charge in [-0.2, -0.15) is 0 Å². The van der Waals surface area contributed by atoms with Gasteiger partial charge in [-0.3, -0.25) is 0 Å². The molecular weight excluding hydrogens is 247 g/mol. The third-order valence-corrected chi connectivity index (χ3v) is 4.08. The number of benzene rings is 1. The van der Waals surface area contributed by atoms with Crippen LogP contribution in [0.1, 0.15) is 24.3 Å². The van der Waals surface area contributed by atoms with E-state index in [1.54, 1.807) is 6.07 Å². The fourth-order valence-corrected chi connectivity index (χ4v) is 3.11. The van der Waals surface area contributed by atoms with E-state index in [0.717, 1.165) is 31.5 Å². The molecule has 2 aliphatic rings. The third kappa shape index (κ3) is 2.30. The van der Waals surface area contributed by atoms with E-state index >= 15 is 0 Å². The van der Waals surface area contributed by atoms with Crippen LogP contribution in [0.3, 0.4) is 0 Å². The van der Waals surface area contributed by atoms with Crippen molar-refractivity contribution in [3.8, 4) is 0 Å². The minimum Gasteiger partial charge on any atom is -0.442 e. The molecule has 0 aliphatic carbocycles. The van der Waals surface area contributed by atoms with Crippen molar-refractivity contribution in [3.05, 3.63) is 35.6 Å². The number of alkyl carbamates (subject to hydrolysis) is 1. The standard InChI is InChI=1S/C14H17FN2O2/c15-11-3-1-2-10(8-11)12-9-17-13(18)19-14(12)4-6-16-7-5-14/h1-3,8,12,16H,4-7,9H2,(H,17,18)/t12-/m0/s1. The molecule has 1 spiro atoms. The Morgan fingerprint density at radius 3 is 2.84 bits per heavy atom. The van der Waals surface area contributed by atoms with Crippen LogP contribution in [-0.2, 0) is 4.74 Å². The molecule has 3 rings (SSSR count). The average Bonchev–Trinajstić information content (AvgIpc) is 2.39. The van der Waals surface area contributed by atoms with Crippen LogP contribution in [-0.4, -0.2) is 31.3 Å². The fraction of sp³-hybridized carbons (Fsp3) is 0.500. The van der Waals surface area contributed by atoms with Gasteiger partial charge in [-0.25, -0.2) is 9.18 Å². The molecule has 1 amide bonds. The van der Waals surface area contributed by atoms with Crippen LogP contribution >= 0.6 is 0 Å². The van der Waals surface area contributed by atoms with Gasteiger partial charge >= 0.3 is 6.09 Å². The lowest BCUT2D eigenvalue weighted by molar-refractivity contribution is -0.0495. The Labute approximate surface area is 111 Å². The van der Waals surface area contributed by atoms with Crippen LogP contribution < -0.4 is 10.6 Å². The summed E-state index contributed by atoms with van der Waals surface area (Å²) in [5.41, 5.74) is 0.392. The van der Waals surface area contributed by atoms with E-state index in [4.69, 9.17) is 4.74 Å². The fourth-order valence-electron chi connectivity index (χ4n) is 3.11. The van der Waals surface area contributed by atoms with Crippen molar-refractivity contribution in [1.29, 1.82) is 0 Å². The Bertz CT molecular complexity index is 486. The van der Waals surface area contributed by atoms with Gasteiger partial charge in [-0.15, -0.1) is 0 Å². The number of halogens is 1. The van der Waals surface area contributed by atoms with E-state index in [0.29, 0.717) is 6.54 Å². The third-order valence-electron chi connectivity index (χ3n) is 4.08. The number of amides is 1. The Morgan fingerprint density at radius 2 is 2.11 bits per heavy atom. The number of carbonyl (C=O) groups is 1. The monoisotopic (exact) mass is 264 g/mol. The van der Waals surface area contributed by atoms with Crippen LogP contribution in [0.2, 0.25) is 0 Å². The van der Waals surface area contributed by atoms with E-state index in [-0.39, 0.29) is 17.8 Å². The first kappa shape index (κ1) is 12.4. The first-order valence-electron chi connectivity index (χ1n) is 6.63. The number of piperidine rings is 1. The summed E-state index contributed by atoms with van der Waals surface area (Å²) in [5, 5.41) is 5.99. The quantitative estimate of drug-likeness (QED) is 0.813. The first-order chi connectivity index (χ1) is 9.20. The highest BCUT2D eigenvalue weighted by atomic mass is 19.1. The predicted molar refractivity (Wildman–Crippen MR) is 68.5 cm³/mol. The maximum Gasteiger partial charge on any atom is 0.407 e. The number of hydrogen-bond donors (Lipinski definition) is 2.